The summed E-state index contributed by atoms with van der Waals surface area (Å²) in [5.41, 5.74) is 7.32. The van der Waals surface area contributed by atoms with Gasteiger partial charge in [-0.1, -0.05) is 26.7 Å². The van der Waals surface area contributed by atoms with Crippen LogP contribution in [-0.4, -0.2) is 6.04 Å². The Bertz CT molecular complexity index is 436. The van der Waals surface area contributed by atoms with Gasteiger partial charge in [0.1, 0.15) is 5.82 Å². The highest BCUT2D eigenvalue weighted by Crippen LogP contribution is 2.33. The highest BCUT2D eigenvalue weighted by atomic mass is 127. The van der Waals surface area contributed by atoms with E-state index in [0.717, 1.165) is 12.1 Å². The van der Waals surface area contributed by atoms with Crippen molar-refractivity contribution < 1.29 is 4.39 Å². The molecule has 0 saturated heterocycles. The van der Waals surface area contributed by atoms with Crippen molar-refractivity contribution in [2.75, 3.05) is 11.1 Å². The van der Waals surface area contributed by atoms with Crippen LogP contribution in [-0.2, 0) is 0 Å². The highest BCUT2D eigenvalue weighted by Gasteiger charge is 2.27. The van der Waals surface area contributed by atoms with Crippen molar-refractivity contribution in [1.29, 1.82) is 0 Å². The zero-order valence-electron chi connectivity index (χ0n) is 10.8. The summed E-state index contributed by atoms with van der Waals surface area (Å²) in [6.45, 7) is 4.55. The fourth-order valence-electron chi connectivity index (χ4n) is 2.67. The number of nitrogens with one attached hydrogen (secondary N) is 1. The summed E-state index contributed by atoms with van der Waals surface area (Å²) in [5, 5.41) is 3.43. The van der Waals surface area contributed by atoms with E-state index in [1.165, 1.54) is 18.9 Å². The number of anilines is 2. The lowest BCUT2D eigenvalue weighted by molar-refractivity contribution is 0.253. The van der Waals surface area contributed by atoms with Crippen molar-refractivity contribution in [3.8, 4) is 0 Å². The average Bonchev–Trinajstić information content (AvgIpc) is 2.32. The number of hydrogen-bond acceptors (Lipinski definition) is 2. The van der Waals surface area contributed by atoms with Crippen molar-refractivity contribution in [1.82, 2.24) is 0 Å². The van der Waals surface area contributed by atoms with E-state index in [0.29, 0.717) is 27.1 Å². The van der Waals surface area contributed by atoms with Crippen molar-refractivity contribution in [2.24, 2.45) is 11.8 Å². The van der Waals surface area contributed by atoms with Crippen LogP contribution in [0.1, 0.15) is 33.1 Å². The zero-order chi connectivity index (χ0) is 13.3. The minimum absolute atomic E-state index is 0.205. The first-order valence-electron chi connectivity index (χ1n) is 6.50. The van der Waals surface area contributed by atoms with Crippen LogP contribution in [0.25, 0.3) is 0 Å². The molecule has 0 heterocycles. The molecule has 18 heavy (non-hydrogen) atoms. The van der Waals surface area contributed by atoms with Gasteiger partial charge in [-0.3, -0.25) is 0 Å². The van der Waals surface area contributed by atoms with Gasteiger partial charge in [0, 0.05) is 12.1 Å². The predicted molar refractivity (Wildman–Crippen MR) is 83.1 cm³/mol. The van der Waals surface area contributed by atoms with Crippen molar-refractivity contribution in [2.45, 2.75) is 39.2 Å². The Labute approximate surface area is 122 Å². The number of rotatable bonds is 2. The molecule has 1 fully saturated rings. The van der Waals surface area contributed by atoms with Crippen LogP contribution in [0.4, 0.5) is 15.8 Å². The Hall–Kier alpha value is -0.520. The Morgan fingerprint density at radius 3 is 2.78 bits per heavy atom. The third-order valence-corrected chi connectivity index (χ3v) is 4.97. The summed E-state index contributed by atoms with van der Waals surface area (Å²) in [5.74, 6) is 1.11. The second-order valence-corrected chi connectivity index (χ2v) is 6.53. The molecule has 0 amide bonds. The van der Waals surface area contributed by atoms with E-state index in [9.17, 15) is 4.39 Å². The lowest BCUT2D eigenvalue weighted by Crippen LogP contribution is -2.35. The SMILES string of the molecule is CC1CCCC(Nc2cc(F)c(I)cc2N)C1C. The number of nitrogen functional groups attached to an aromatic ring is 1. The van der Waals surface area contributed by atoms with Crippen LogP contribution in [0.15, 0.2) is 12.1 Å². The normalized spacial score (nSPS) is 28.1. The number of hydrogen-bond donors (Lipinski definition) is 2. The highest BCUT2D eigenvalue weighted by molar-refractivity contribution is 14.1. The molecule has 0 bridgehead atoms. The molecule has 4 heteroatoms. The topological polar surface area (TPSA) is 38.0 Å². The summed E-state index contributed by atoms with van der Waals surface area (Å²) in [7, 11) is 0. The van der Waals surface area contributed by atoms with E-state index in [1.54, 1.807) is 6.07 Å². The molecular weight excluding hydrogens is 342 g/mol. The first-order chi connectivity index (χ1) is 8.49. The van der Waals surface area contributed by atoms with E-state index < -0.39 is 0 Å². The van der Waals surface area contributed by atoms with Crippen molar-refractivity contribution in [3.05, 3.63) is 21.5 Å². The molecule has 100 valence electrons. The van der Waals surface area contributed by atoms with E-state index in [1.807, 2.05) is 22.6 Å². The molecule has 1 saturated carbocycles. The second kappa shape index (κ2) is 5.63. The van der Waals surface area contributed by atoms with Gasteiger partial charge in [-0.2, -0.15) is 0 Å². The summed E-state index contributed by atoms with van der Waals surface area (Å²) < 4.78 is 14.2. The minimum Gasteiger partial charge on any atom is -0.397 e. The monoisotopic (exact) mass is 362 g/mol. The molecule has 3 N–H and O–H groups in total. The zero-order valence-corrected chi connectivity index (χ0v) is 13.0. The van der Waals surface area contributed by atoms with Crippen LogP contribution < -0.4 is 11.1 Å². The number of halogens is 2. The summed E-state index contributed by atoms with van der Waals surface area (Å²) in [6.07, 6.45) is 3.66. The van der Waals surface area contributed by atoms with Crippen molar-refractivity contribution in [3.63, 3.8) is 0 Å². The molecule has 0 aromatic heterocycles. The van der Waals surface area contributed by atoms with Gasteiger partial charge in [-0.05, 0) is 46.9 Å². The average molecular weight is 362 g/mol. The van der Waals surface area contributed by atoms with Crippen molar-refractivity contribution >= 4 is 34.0 Å². The van der Waals surface area contributed by atoms with Crippen LogP contribution in [0, 0.1) is 21.2 Å². The second-order valence-electron chi connectivity index (χ2n) is 5.37. The summed E-state index contributed by atoms with van der Waals surface area (Å²) >= 11 is 1.96. The molecule has 3 unspecified atom stereocenters. The Kier molecular flexibility index (Phi) is 4.35. The first-order valence-corrected chi connectivity index (χ1v) is 7.58. The van der Waals surface area contributed by atoms with E-state index in [4.69, 9.17) is 5.73 Å². The Morgan fingerprint density at radius 1 is 1.33 bits per heavy atom. The molecule has 0 aliphatic heterocycles. The molecule has 1 aromatic rings. The molecule has 1 aliphatic carbocycles. The summed E-state index contributed by atoms with van der Waals surface area (Å²) in [4.78, 5) is 0. The van der Waals surface area contributed by atoms with Crippen LogP contribution in [0.5, 0.6) is 0 Å². The van der Waals surface area contributed by atoms with E-state index >= 15 is 0 Å². The molecule has 2 nitrogen and oxygen atoms in total. The lowest BCUT2D eigenvalue weighted by Gasteiger charge is -2.35. The maximum absolute atomic E-state index is 13.6. The van der Waals surface area contributed by atoms with Crippen LogP contribution in [0.2, 0.25) is 0 Å². The van der Waals surface area contributed by atoms with Gasteiger partial charge in [0.15, 0.2) is 0 Å². The van der Waals surface area contributed by atoms with Crippen LogP contribution >= 0.6 is 22.6 Å². The standard InChI is InChI=1S/C14H20FIN2/c1-8-4-3-5-13(9(8)2)18-14-6-10(15)11(16)7-12(14)17/h6-9,13,18H,3-5,17H2,1-2H3. The Balaban J connectivity index is 2.16. The smallest absolute Gasteiger partial charge is 0.138 e. The first kappa shape index (κ1) is 13.9. The fraction of sp³-hybridized carbons (Fsp3) is 0.571. The third kappa shape index (κ3) is 2.90. The molecule has 0 spiro atoms. The maximum Gasteiger partial charge on any atom is 0.138 e. The van der Waals surface area contributed by atoms with Gasteiger partial charge < -0.3 is 11.1 Å². The molecule has 1 aromatic carbocycles. The summed E-state index contributed by atoms with van der Waals surface area (Å²) in [6, 6.07) is 3.61. The van der Waals surface area contributed by atoms with Gasteiger partial charge in [0.25, 0.3) is 0 Å². The van der Waals surface area contributed by atoms with E-state index in [2.05, 4.69) is 19.2 Å². The molecule has 3 atom stereocenters. The molecular formula is C14H20FIN2. The predicted octanol–water partition coefficient (Wildman–Crippen LogP) is 4.25. The molecule has 1 aliphatic rings. The van der Waals surface area contributed by atoms with E-state index in [-0.39, 0.29) is 5.82 Å². The minimum atomic E-state index is -0.205. The van der Waals surface area contributed by atoms with Gasteiger partial charge in [0.2, 0.25) is 0 Å². The van der Waals surface area contributed by atoms with Crippen LogP contribution in [0.3, 0.4) is 0 Å². The largest absolute Gasteiger partial charge is 0.397 e. The lowest BCUT2D eigenvalue weighted by atomic mass is 9.78. The molecule has 2 rings (SSSR count). The number of nitrogens with two attached hydrogens (primary N) is 1. The van der Waals surface area contributed by atoms with Gasteiger partial charge in [-0.15, -0.1) is 0 Å². The fourth-order valence-corrected chi connectivity index (χ4v) is 3.16. The maximum atomic E-state index is 13.6. The number of benzene rings is 1. The molecule has 0 radical (unpaired) electrons. The van der Waals surface area contributed by atoms with Gasteiger partial charge in [-0.25, -0.2) is 4.39 Å². The third-order valence-electron chi connectivity index (χ3n) is 4.14. The quantitative estimate of drug-likeness (QED) is 0.610. The van der Waals surface area contributed by atoms with Gasteiger partial charge in [0.05, 0.1) is 14.9 Å². The Morgan fingerprint density at radius 2 is 2.06 bits per heavy atom. The van der Waals surface area contributed by atoms with Gasteiger partial charge >= 0.3 is 0 Å².